The van der Waals surface area contributed by atoms with E-state index in [0.717, 1.165) is 28.5 Å². The fraction of sp³-hybridized carbons (Fsp3) is 0.172. The van der Waals surface area contributed by atoms with Crippen molar-refractivity contribution in [2.75, 3.05) is 34.5 Å². The molecule has 0 saturated carbocycles. The van der Waals surface area contributed by atoms with Crippen LogP contribution in [0.1, 0.15) is 12.1 Å². The molecule has 3 N–H and O–H groups in total. The predicted molar refractivity (Wildman–Crippen MR) is 153 cm³/mol. The Morgan fingerprint density at radius 1 is 0.923 bits per heavy atom. The molecule has 0 unspecified atom stereocenters. The lowest BCUT2D eigenvalue weighted by Crippen LogP contribution is -2.28. The van der Waals surface area contributed by atoms with Gasteiger partial charge in [0.25, 0.3) is 0 Å². The predicted octanol–water partition coefficient (Wildman–Crippen LogP) is 5.93. The van der Waals surface area contributed by atoms with Crippen molar-refractivity contribution in [2.45, 2.75) is 13.3 Å². The van der Waals surface area contributed by atoms with E-state index in [-0.39, 0.29) is 18.2 Å². The first-order chi connectivity index (χ1) is 18.9. The van der Waals surface area contributed by atoms with Gasteiger partial charge in [-0.15, -0.1) is 0 Å². The summed E-state index contributed by atoms with van der Waals surface area (Å²) in [5, 5.41) is 9.98. The number of benzene rings is 3. The number of anilines is 6. The van der Waals surface area contributed by atoms with Crippen LogP contribution in [0, 0.1) is 12.8 Å². The molecule has 9 nitrogen and oxygen atoms in total. The quantitative estimate of drug-likeness (QED) is 0.253. The smallest absolute Gasteiger partial charge is 0.229 e. The molecule has 39 heavy (non-hydrogen) atoms. The zero-order chi connectivity index (χ0) is 27.4. The molecule has 2 amide bonds. The number of nitrogens with zero attached hydrogens (tertiary/aromatic N) is 3. The largest absolute Gasteiger partial charge is 0.497 e. The lowest BCUT2D eigenvalue weighted by molar-refractivity contribution is -0.122. The third kappa shape index (κ3) is 6.45. The highest BCUT2D eigenvalue weighted by atomic mass is 35.5. The Bertz CT molecular complexity index is 1480. The number of amides is 2. The first kappa shape index (κ1) is 26.0. The zero-order valence-corrected chi connectivity index (χ0v) is 22.2. The van der Waals surface area contributed by atoms with E-state index in [1.54, 1.807) is 48.4 Å². The van der Waals surface area contributed by atoms with Gasteiger partial charge >= 0.3 is 0 Å². The first-order valence-corrected chi connectivity index (χ1v) is 12.7. The van der Waals surface area contributed by atoms with Crippen molar-refractivity contribution in [3.05, 3.63) is 89.6 Å². The highest BCUT2D eigenvalue weighted by molar-refractivity contribution is 6.30. The second-order valence-corrected chi connectivity index (χ2v) is 9.58. The van der Waals surface area contributed by atoms with Crippen LogP contribution in [0.2, 0.25) is 5.02 Å². The molecule has 1 aromatic heterocycles. The molecule has 1 saturated heterocycles. The van der Waals surface area contributed by atoms with Gasteiger partial charge in [-0.2, -0.15) is 4.98 Å². The van der Waals surface area contributed by atoms with Crippen molar-refractivity contribution in [3.8, 4) is 5.75 Å². The highest BCUT2D eigenvalue weighted by Crippen LogP contribution is 2.28. The summed E-state index contributed by atoms with van der Waals surface area (Å²) in [6.45, 7) is 2.22. The maximum absolute atomic E-state index is 12.9. The van der Waals surface area contributed by atoms with E-state index in [1.165, 1.54) is 0 Å². The van der Waals surface area contributed by atoms with Crippen molar-refractivity contribution in [1.29, 1.82) is 0 Å². The number of carbonyl (C=O) groups excluding carboxylic acids is 2. The highest BCUT2D eigenvalue weighted by Gasteiger charge is 2.35. The summed E-state index contributed by atoms with van der Waals surface area (Å²) in [7, 11) is 1.63. The summed E-state index contributed by atoms with van der Waals surface area (Å²) >= 11 is 5.95. The van der Waals surface area contributed by atoms with Crippen molar-refractivity contribution in [2.24, 2.45) is 5.92 Å². The second-order valence-electron chi connectivity index (χ2n) is 9.15. The van der Waals surface area contributed by atoms with Crippen LogP contribution in [-0.2, 0) is 9.59 Å². The van der Waals surface area contributed by atoms with Crippen LogP contribution in [0.3, 0.4) is 0 Å². The van der Waals surface area contributed by atoms with Gasteiger partial charge in [0.2, 0.25) is 17.8 Å². The van der Waals surface area contributed by atoms with Gasteiger partial charge in [0, 0.05) is 52.5 Å². The number of nitrogens with one attached hydrogen (secondary N) is 3. The van der Waals surface area contributed by atoms with Gasteiger partial charge in [-0.1, -0.05) is 11.6 Å². The molecule has 5 rings (SSSR count). The van der Waals surface area contributed by atoms with Crippen molar-refractivity contribution < 1.29 is 14.3 Å². The number of rotatable bonds is 8. The van der Waals surface area contributed by atoms with Gasteiger partial charge in [-0.05, 0) is 79.7 Å². The molecule has 0 aliphatic carbocycles. The summed E-state index contributed by atoms with van der Waals surface area (Å²) in [6, 6.07) is 23.7. The molecule has 0 bridgehead atoms. The summed E-state index contributed by atoms with van der Waals surface area (Å²) in [5.41, 5.74) is 3.80. The van der Waals surface area contributed by atoms with Gasteiger partial charge in [0.15, 0.2) is 0 Å². The average Bonchev–Trinajstić information content (AvgIpc) is 3.32. The fourth-order valence-corrected chi connectivity index (χ4v) is 4.40. The number of carbonyl (C=O) groups is 2. The minimum atomic E-state index is -0.441. The molecule has 198 valence electrons. The standard InChI is InChI=1S/C29H27ClN6O3/c1-18-15-26(32-21-9-13-25(39-2)14-10-21)35-29(31-18)34-23-7-5-22(6-8-23)33-28(38)19-16-27(37)36(17-19)24-11-3-20(30)4-12-24/h3-15,19H,16-17H2,1-2H3,(H,33,38)(H2,31,32,34,35)/t19-/m0/s1. The summed E-state index contributed by atoms with van der Waals surface area (Å²) in [6.07, 6.45) is 0.158. The van der Waals surface area contributed by atoms with Crippen LogP contribution in [0.15, 0.2) is 78.9 Å². The Kier molecular flexibility index (Phi) is 7.60. The van der Waals surface area contributed by atoms with Crippen LogP contribution >= 0.6 is 11.6 Å². The van der Waals surface area contributed by atoms with E-state index in [0.29, 0.717) is 29.0 Å². The third-order valence-electron chi connectivity index (χ3n) is 6.26. The number of hydrogen-bond donors (Lipinski definition) is 3. The van der Waals surface area contributed by atoms with Crippen molar-refractivity contribution in [1.82, 2.24) is 9.97 Å². The van der Waals surface area contributed by atoms with Crippen molar-refractivity contribution >= 4 is 57.9 Å². The van der Waals surface area contributed by atoms with Crippen LogP contribution in [0.25, 0.3) is 0 Å². The van der Waals surface area contributed by atoms with E-state index in [9.17, 15) is 9.59 Å². The number of halogens is 1. The van der Waals surface area contributed by atoms with Gasteiger partial charge in [0.1, 0.15) is 11.6 Å². The minimum Gasteiger partial charge on any atom is -0.497 e. The Labute approximate surface area is 231 Å². The van der Waals surface area contributed by atoms with Crippen LogP contribution < -0.4 is 25.6 Å². The van der Waals surface area contributed by atoms with E-state index >= 15 is 0 Å². The molecule has 10 heteroatoms. The Balaban J connectivity index is 1.19. The SMILES string of the molecule is COc1ccc(Nc2cc(C)nc(Nc3ccc(NC(=O)[C@H]4CC(=O)N(c5ccc(Cl)cc5)C4)cc3)n2)cc1. The van der Waals surface area contributed by atoms with Crippen LogP contribution in [0.4, 0.5) is 34.5 Å². The number of aromatic nitrogens is 2. The lowest BCUT2D eigenvalue weighted by Gasteiger charge is -2.17. The molecule has 1 aliphatic rings. The average molecular weight is 543 g/mol. The van der Waals surface area contributed by atoms with Gasteiger partial charge in [0.05, 0.1) is 13.0 Å². The minimum absolute atomic E-state index is 0.0870. The molecule has 3 aromatic carbocycles. The van der Waals surface area contributed by atoms with E-state index in [2.05, 4.69) is 25.9 Å². The molecular weight excluding hydrogens is 516 g/mol. The molecule has 2 heterocycles. The van der Waals surface area contributed by atoms with E-state index < -0.39 is 5.92 Å². The molecule has 1 aliphatic heterocycles. The van der Waals surface area contributed by atoms with Gasteiger partial charge in [-0.3, -0.25) is 9.59 Å². The molecular formula is C29H27ClN6O3. The number of methoxy groups -OCH3 is 1. The van der Waals surface area contributed by atoms with E-state index in [1.807, 2.05) is 49.4 Å². The molecule has 4 aromatic rings. The second kappa shape index (κ2) is 11.4. The van der Waals surface area contributed by atoms with Crippen LogP contribution in [0.5, 0.6) is 5.75 Å². The Morgan fingerprint density at radius 2 is 1.56 bits per heavy atom. The monoisotopic (exact) mass is 542 g/mol. The van der Waals surface area contributed by atoms with Gasteiger partial charge in [-0.25, -0.2) is 4.98 Å². The topological polar surface area (TPSA) is 108 Å². The maximum atomic E-state index is 12.9. The fourth-order valence-electron chi connectivity index (χ4n) is 4.27. The zero-order valence-electron chi connectivity index (χ0n) is 21.4. The number of aryl methyl sites for hydroxylation is 1. The molecule has 1 fully saturated rings. The normalized spacial score (nSPS) is 14.7. The molecule has 1 atom stereocenters. The number of ether oxygens (including phenoxy) is 1. The van der Waals surface area contributed by atoms with Gasteiger partial charge < -0.3 is 25.6 Å². The van der Waals surface area contributed by atoms with Crippen LogP contribution in [-0.4, -0.2) is 35.4 Å². The van der Waals surface area contributed by atoms with Crippen molar-refractivity contribution in [3.63, 3.8) is 0 Å². The first-order valence-electron chi connectivity index (χ1n) is 12.4. The molecule has 0 spiro atoms. The Hall–Kier alpha value is -4.63. The number of hydrogen-bond acceptors (Lipinski definition) is 7. The summed E-state index contributed by atoms with van der Waals surface area (Å²) < 4.78 is 5.20. The molecule has 0 radical (unpaired) electrons. The maximum Gasteiger partial charge on any atom is 0.229 e. The summed E-state index contributed by atoms with van der Waals surface area (Å²) in [4.78, 5) is 36.0. The summed E-state index contributed by atoms with van der Waals surface area (Å²) in [5.74, 6) is 1.14. The van der Waals surface area contributed by atoms with E-state index in [4.69, 9.17) is 16.3 Å². The Morgan fingerprint density at radius 3 is 2.26 bits per heavy atom. The third-order valence-corrected chi connectivity index (χ3v) is 6.51. The lowest BCUT2D eigenvalue weighted by atomic mass is 10.1.